The van der Waals surface area contributed by atoms with Gasteiger partial charge in [0.15, 0.2) is 5.58 Å². The molecule has 0 fully saturated rings. The third-order valence-electron chi connectivity index (χ3n) is 8.40. The van der Waals surface area contributed by atoms with Crippen molar-refractivity contribution in [2.45, 2.75) is 26.1 Å². The van der Waals surface area contributed by atoms with Crippen LogP contribution in [0.2, 0.25) is 0 Å². The Morgan fingerprint density at radius 2 is 1.82 bits per heavy atom. The highest BCUT2D eigenvalue weighted by Crippen LogP contribution is 2.35. The first-order chi connectivity index (χ1) is 24.6. The fourth-order valence-electron chi connectivity index (χ4n) is 5.68. The van der Waals surface area contributed by atoms with Gasteiger partial charge in [0.2, 0.25) is 17.6 Å². The molecule has 3 amide bonds. The number of amides is 3. The molecule has 0 spiro atoms. The number of nitrogens with zero attached hydrogens (tertiary/aromatic N) is 3. The van der Waals surface area contributed by atoms with Gasteiger partial charge in [-0.25, -0.2) is 14.8 Å². The summed E-state index contributed by atoms with van der Waals surface area (Å²) in [5.41, 5.74) is 5.77. The summed E-state index contributed by atoms with van der Waals surface area (Å²) >= 11 is 0. The molecule has 4 N–H and O–H groups in total. The van der Waals surface area contributed by atoms with Gasteiger partial charge in [0.25, 0.3) is 11.4 Å². The molecule has 3 aromatic carbocycles. The molecular weight excluding hydrogens is 652 g/mol. The lowest BCUT2D eigenvalue weighted by Crippen LogP contribution is -2.51. The van der Waals surface area contributed by atoms with E-state index in [0.29, 0.717) is 5.56 Å². The minimum Gasteiger partial charge on any atom is -0.444 e. The first-order valence-corrected chi connectivity index (χ1v) is 15.8. The van der Waals surface area contributed by atoms with Crippen LogP contribution in [-0.2, 0) is 22.7 Å². The number of ketones is 1. The third-order valence-corrected chi connectivity index (χ3v) is 8.40. The average molecular weight is 685 g/mol. The predicted molar refractivity (Wildman–Crippen MR) is 189 cm³/mol. The van der Waals surface area contributed by atoms with Crippen molar-refractivity contribution >= 4 is 40.5 Å². The van der Waals surface area contributed by atoms with Crippen molar-refractivity contribution in [2.75, 3.05) is 5.32 Å². The molecule has 13 nitrogen and oxygen atoms in total. The number of allylic oxidation sites excluding steroid dienone is 2. The van der Waals surface area contributed by atoms with Gasteiger partial charge in [-0.05, 0) is 36.2 Å². The van der Waals surface area contributed by atoms with Crippen molar-refractivity contribution in [3.05, 3.63) is 149 Å². The van der Waals surface area contributed by atoms with E-state index in [1.807, 2.05) is 25.1 Å². The summed E-state index contributed by atoms with van der Waals surface area (Å²) in [4.78, 5) is 74.8. The fraction of sp³-hybridized carbons (Fsp3) is 0.132. The molecular formula is C38H32N6O7. The van der Waals surface area contributed by atoms with E-state index >= 15 is 0 Å². The van der Waals surface area contributed by atoms with Crippen LogP contribution >= 0.6 is 0 Å². The van der Waals surface area contributed by atoms with Crippen LogP contribution in [0.5, 0.6) is 0 Å². The van der Waals surface area contributed by atoms with Gasteiger partial charge in [0.1, 0.15) is 30.2 Å². The summed E-state index contributed by atoms with van der Waals surface area (Å²) in [6, 6.07) is 19.6. The summed E-state index contributed by atoms with van der Waals surface area (Å²) in [5.74, 6) is -2.01. The highest BCUT2D eigenvalue weighted by atomic mass is 16.5. The van der Waals surface area contributed by atoms with Crippen molar-refractivity contribution in [3.8, 4) is 11.4 Å². The van der Waals surface area contributed by atoms with Gasteiger partial charge < -0.3 is 20.2 Å². The van der Waals surface area contributed by atoms with E-state index in [1.165, 1.54) is 30.5 Å². The SMILES string of the molecule is C=CC1(C(=O)c2nc3cc(C(N)=O)ccc3o2)C=CC=CC1NC(=O)Cn1c(-c2ccccc2C)ncc(NC(=O)OCc2ccccc2)c1=O. The summed E-state index contributed by atoms with van der Waals surface area (Å²) in [5, 5.41) is 5.27. The molecule has 2 unspecified atom stereocenters. The lowest BCUT2D eigenvalue weighted by Gasteiger charge is -2.34. The number of primary amides is 1. The van der Waals surface area contributed by atoms with Crippen LogP contribution in [0.1, 0.15) is 32.2 Å². The van der Waals surface area contributed by atoms with E-state index in [4.69, 9.17) is 14.9 Å². The van der Waals surface area contributed by atoms with Gasteiger partial charge in [-0.3, -0.25) is 29.1 Å². The number of hydrogen-bond acceptors (Lipinski definition) is 9. The van der Waals surface area contributed by atoms with Crippen molar-refractivity contribution < 1.29 is 28.3 Å². The quantitative estimate of drug-likeness (QED) is 0.129. The maximum absolute atomic E-state index is 14.0. The summed E-state index contributed by atoms with van der Waals surface area (Å²) in [7, 11) is 0. The average Bonchev–Trinajstić information content (AvgIpc) is 3.57. The van der Waals surface area contributed by atoms with Crippen LogP contribution in [0.25, 0.3) is 22.5 Å². The van der Waals surface area contributed by atoms with E-state index in [9.17, 15) is 24.0 Å². The molecule has 51 heavy (non-hydrogen) atoms. The van der Waals surface area contributed by atoms with E-state index < -0.39 is 47.3 Å². The maximum atomic E-state index is 14.0. The van der Waals surface area contributed by atoms with Gasteiger partial charge in [-0.2, -0.15) is 0 Å². The Morgan fingerprint density at radius 1 is 1.06 bits per heavy atom. The predicted octanol–water partition coefficient (Wildman–Crippen LogP) is 4.87. The fourth-order valence-corrected chi connectivity index (χ4v) is 5.68. The minimum absolute atomic E-state index is 0.0247. The molecule has 2 atom stereocenters. The molecule has 2 aromatic heterocycles. The van der Waals surface area contributed by atoms with Gasteiger partial charge in [0.05, 0.1) is 17.7 Å². The van der Waals surface area contributed by atoms with E-state index in [-0.39, 0.29) is 40.7 Å². The zero-order chi connectivity index (χ0) is 36.1. The van der Waals surface area contributed by atoms with Crippen molar-refractivity contribution in [2.24, 2.45) is 11.1 Å². The van der Waals surface area contributed by atoms with Crippen LogP contribution in [0.15, 0.2) is 125 Å². The number of fused-ring (bicyclic) bond motifs is 1. The Kier molecular flexibility index (Phi) is 9.53. The number of ether oxygens (including phenoxy) is 1. The molecule has 13 heteroatoms. The second-order valence-corrected chi connectivity index (χ2v) is 11.7. The standard InChI is InChI=1S/C38H32N6O7/c1-3-38(32(46)35-41-27-19-25(33(39)47)16-17-29(27)51-35)18-10-9-15-30(38)43-31(45)21-44-34(26-14-8-7-11-23(26)2)40-20-28(36(44)48)42-37(49)50-22-24-12-5-4-6-13-24/h3-20,30H,1,21-22H2,2H3,(H2,39,47)(H,42,49)(H,43,45). The molecule has 0 aliphatic heterocycles. The zero-order valence-corrected chi connectivity index (χ0v) is 27.4. The summed E-state index contributed by atoms with van der Waals surface area (Å²) < 4.78 is 12.2. The number of carbonyl (C=O) groups is 4. The van der Waals surface area contributed by atoms with Crippen LogP contribution < -0.4 is 21.9 Å². The second-order valence-electron chi connectivity index (χ2n) is 11.7. The number of nitrogens with one attached hydrogen (secondary N) is 2. The van der Waals surface area contributed by atoms with E-state index in [1.54, 1.807) is 60.7 Å². The van der Waals surface area contributed by atoms with Crippen LogP contribution in [-0.4, -0.2) is 44.3 Å². The molecule has 0 radical (unpaired) electrons. The molecule has 2 heterocycles. The number of hydrogen-bond donors (Lipinski definition) is 3. The van der Waals surface area contributed by atoms with Crippen molar-refractivity contribution in [3.63, 3.8) is 0 Å². The summed E-state index contributed by atoms with van der Waals surface area (Å²) in [6.07, 6.45) is 8.17. The number of anilines is 1. The monoisotopic (exact) mass is 684 g/mol. The Bertz CT molecular complexity index is 2310. The molecule has 5 aromatic rings. The van der Waals surface area contributed by atoms with Crippen LogP contribution in [0.3, 0.4) is 0 Å². The van der Waals surface area contributed by atoms with Crippen LogP contribution in [0.4, 0.5) is 10.5 Å². The number of nitrogens with two attached hydrogens (primary N) is 1. The van der Waals surface area contributed by atoms with Gasteiger partial charge in [-0.1, -0.05) is 85.0 Å². The molecule has 0 saturated heterocycles. The van der Waals surface area contributed by atoms with Gasteiger partial charge in [0, 0.05) is 11.1 Å². The lowest BCUT2D eigenvalue weighted by atomic mass is 9.73. The van der Waals surface area contributed by atoms with Gasteiger partial charge >= 0.3 is 6.09 Å². The first-order valence-electron chi connectivity index (χ1n) is 15.8. The number of rotatable bonds is 11. The molecule has 6 rings (SSSR count). The Morgan fingerprint density at radius 3 is 2.57 bits per heavy atom. The number of carbonyl (C=O) groups excluding carboxylic acids is 4. The van der Waals surface area contributed by atoms with Crippen LogP contribution in [0, 0.1) is 12.3 Å². The first kappa shape index (κ1) is 34.0. The number of Topliss-reactive ketones (excluding diaryl/α,β-unsaturated/α-hetero) is 1. The number of benzene rings is 3. The highest BCUT2D eigenvalue weighted by Gasteiger charge is 2.44. The molecule has 256 valence electrons. The Labute approximate surface area is 291 Å². The van der Waals surface area contributed by atoms with Gasteiger partial charge in [-0.15, -0.1) is 6.58 Å². The third kappa shape index (κ3) is 6.99. The van der Waals surface area contributed by atoms with E-state index in [0.717, 1.165) is 15.7 Å². The number of aromatic nitrogens is 3. The van der Waals surface area contributed by atoms with Crippen molar-refractivity contribution in [1.82, 2.24) is 19.9 Å². The Hall–Kier alpha value is -6.89. The maximum Gasteiger partial charge on any atom is 0.412 e. The largest absolute Gasteiger partial charge is 0.444 e. The summed E-state index contributed by atoms with van der Waals surface area (Å²) in [6.45, 7) is 5.16. The highest BCUT2D eigenvalue weighted by molar-refractivity contribution is 6.03. The minimum atomic E-state index is -1.54. The normalized spacial score (nSPS) is 16.4. The molecule has 1 aliphatic carbocycles. The number of oxazole rings is 1. The van der Waals surface area contributed by atoms with E-state index in [2.05, 4.69) is 27.2 Å². The Balaban J connectivity index is 1.28. The lowest BCUT2D eigenvalue weighted by molar-refractivity contribution is -0.122. The smallest absolute Gasteiger partial charge is 0.412 e. The molecule has 0 saturated carbocycles. The zero-order valence-electron chi connectivity index (χ0n) is 27.4. The van der Waals surface area contributed by atoms with Crippen molar-refractivity contribution in [1.29, 1.82) is 0 Å². The molecule has 0 bridgehead atoms. The number of aryl methyl sites for hydroxylation is 1. The topological polar surface area (TPSA) is 189 Å². The second kappa shape index (κ2) is 14.3. The molecule has 1 aliphatic rings.